The van der Waals surface area contributed by atoms with Crippen molar-refractivity contribution in [1.29, 1.82) is 0 Å². The molecule has 33 heavy (non-hydrogen) atoms. The molecule has 0 radical (unpaired) electrons. The first kappa shape index (κ1) is 25.3. The average molecular weight is 456 g/mol. The summed E-state index contributed by atoms with van der Waals surface area (Å²) in [5.41, 5.74) is 1.39. The Morgan fingerprint density at radius 2 is 1.15 bits per heavy atom. The predicted octanol–water partition coefficient (Wildman–Crippen LogP) is 4.10. The van der Waals surface area contributed by atoms with E-state index in [1.54, 1.807) is 36.4 Å². The number of phenolic OH excluding ortho intramolecular Hbond substituents is 2. The number of carbonyl (C=O) groups is 2. The molecule has 2 aromatic carbocycles. The minimum absolute atomic E-state index is 0.0249. The highest BCUT2D eigenvalue weighted by molar-refractivity contribution is 5.87. The predicted molar refractivity (Wildman–Crippen MR) is 123 cm³/mol. The standard InChI is InChI=1S/C25H28O8/c1-30-22-16-18(6-10-20(22)26)8-12-24(28)32-14-4-3-5-15-33-25(29)13-9-19-7-11-21(27)23(17-19)31-2/h6-13,16-17,26-27H,3-5,14-15H2,1-2H3/b12-8+,13-9+. The van der Waals surface area contributed by atoms with Crippen LogP contribution in [-0.2, 0) is 19.1 Å². The summed E-state index contributed by atoms with van der Waals surface area (Å²) >= 11 is 0. The summed E-state index contributed by atoms with van der Waals surface area (Å²) in [6, 6.07) is 9.49. The minimum Gasteiger partial charge on any atom is -0.504 e. The van der Waals surface area contributed by atoms with Crippen LogP contribution in [0.15, 0.2) is 48.6 Å². The van der Waals surface area contributed by atoms with E-state index in [0.717, 1.165) is 6.42 Å². The third kappa shape index (κ3) is 8.98. The fourth-order valence-electron chi connectivity index (χ4n) is 2.75. The van der Waals surface area contributed by atoms with Gasteiger partial charge in [0.05, 0.1) is 27.4 Å². The lowest BCUT2D eigenvalue weighted by molar-refractivity contribution is -0.138. The molecule has 0 saturated carbocycles. The topological polar surface area (TPSA) is 112 Å². The zero-order chi connectivity index (χ0) is 24.1. The minimum atomic E-state index is -0.468. The number of rotatable bonds is 12. The first-order valence-corrected chi connectivity index (χ1v) is 10.4. The molecule has 176 valence electrons. The van der Waals surface area contributed by atoms with Gasteiger partial charge in [0.25, 0.3) is 0 Å². The molecule has 2 aromatic rings. The van der Waals surface area contributed by atoms with Crippen LogP contribution < -0.4 is 9.47 Å². The lowest BCUT2D eigenvalue weighted by atomic mass is 10.2. The van der Waals surface area contributed by atoms with Crippen LogP contribution >= 0.6 is 0 Å². The van der Waals surface area contributed by atoms with Gasteiger partial charge < -0.3 is 29.2 Å². The number of aromatic hydroxyl groups is 2. The van der Waals surface area contributed by atoms with Crippen LogP contribution in [0.2, 0.25) is 0 Å². The summed E-state index contributed by atoms with van der Waals surface area (Å²) in [5, 5.41) is 19.1. The molecule has 2 rings (SSSR count). The van der Waals surface area contributed by atoms with Crippen molar-refractivity contribution >= 4 is 24.1 Å². The van der Waals surface area contributed by atoms with Crippen LogP contribution in [0.1, 0.15) is 30.4 Å². The molecule has 0 atom stereocenters. The molecule has 0 spiro atoms. The molecule has 8 heteroatoms. The van der Waals surface area contributed by atoms with Crippen molar-refractivity contribution in [2.24, 2.45) is 0 Å². The van der Waals surface area contributed by atoms with E-state index in [-0.39, 0.29) is 24.7 Å². The molecule has 0 bridgehead atoms. The third-order valence-electron chi connectivity index (χ3n) is 4.51. The summed E-state index contributed by atoms with van der Waals surface area (Å²) in [6.07, 6.45) is 7.79. The van der Waals surface area contributed by atoms with Crippen molar-refractivity contribution < 1.29 is 38.7 Å². The molecule has 0 heterocycles. The number of benzene rings is 2. The molecule has 0 aliphatic heterocycles. The van der Waals surface area contributed by atoms with E-state index in [1.165, 1.54) is 38.5 Å². The fraction of sp³-hybridized carbons (Fsp3) is 0.280. The number of unbranched alkanes of at least 4 members (excludes halogenated alkanes) is 2. The first-order valence-electron chi connectivity index (χ1n) is 10.4. The van der Waals surface area contributed by atoms with Crippen LogP contribution in [-0.4, -0.2) is 49.6 Å². The summed E-state index contributed by atoms with van der Waals surface area (Å²) < 4.78 is 20.3. The zero-order valence-electron chi connectivity index (χ0n) is 18.7. The third-order valence-corrected chi connectivity index (χ3v) is 4.51. The van der Waals surface area contributed by atoms with Crippen LogP contribution in [0.3, 0.4) is 0 Å². The van der Waals surface area contributed by atoms with Crippen LogP contribution in [0.5, 0.6) is 23.0 Å². The Bertz CT molecular complexity index is 914. The van der Waals surface area contributed by atoms with E-state index in [1.807, 2.05) is 0 Å². The van der Waals surface area contributed by atoms with Crippen molar-refractivity contribution in [2.45, 2.75) is 19.3 Å². The van der Waals surface area contributed by atoms with E-state index in [9.17, 15) is 19.8 Å². The van der Waals surface area contributed by atoms with Crippen molar-refractivity contribution in [3.05, 3.63) is 59.7 Å². The molecule has 0 unspecified atom stereocenters. The molecule has 2 N–H and O–H groups in total. The second-order valence-corrected chi connectivity index (χ2v) is 6.92. The quantitative estimate of drug-likeness (QED) is 0.279. The Balaban J connectivity index is 1.59. The van der Waals surface area contributed by atoms with Gasteiger partial charge in [0.2, 0.25) is 0 Å². The smallest absolute Gasteiger partial charge is 0.330 e. The second-order valence-electron chi connectivity index (χ2n) is 6.92. The largest absolute Gasteiger partial charge is 0.504 e. The maximum atomic E-state index is 11.8. The Hall–Kier alpha value is -3.94. The van der Waals surface area contributed by atoms with E-state index in [0.29, 0.717) is 35.5 Å². The lowest BCUT2D eigenvalue weighted by Gasteiger charge is -2.05. The van der Waals surface area contributed by atoms with E-state index >= 15 is 0 Å². The molecule has 0 fully saturated rings. The molecule has 0 amide bonds. The maximum Gasteiger partial charge on any atom is 0.330 e. The normalized spacial score (nSPS) is 11.0. The molecule has 0 aliphatic carbocycles. The van der Waals surface area contributed by atoms with Crippen LogP contribution in [0.4, 0.5) is 0 Å². The Kier molecular flexibility index (Phi) is 10.3. The van der Waals surface area contributed by atoms with Crippen LogP contribution in [0.25, 0.3) is 12.2 Å². The van der Waals surface area contributed by atoms with Crippen molar-refractivity contribution in [2.75, 3.05) is 27.4 Å². The van der Waals surface area contributed by atoms with Crippen molar-refractivity contribution in [3.63, 3.8) is 0 Å². The van der Waals surface area contributed by atoms with Gasteiger partial charge in [0, 0.05) is 12.2 Å². The summed E-state index contributed by atoms with van der Waals surface area (Å²) in [4.78, 5) is 23.6. The zero-order valence-corrected chi connectivity index (χ0v) is 18.7. The van der Waals surface area contributed by atoms with E-state index in [2.05, 4.69) is 0 Å². The molecule has 0 aromatic heterocycles. The molecular weight excluding hydrogens is 428 g/mol. The van der Waals surface area contributed by atoms with Gasteiger partial charge in [-0.2, -0.15) is 0 Å². The average Bonchev–Trinajstić information content (AvgIpc) is 2.82. The van der Waals surface area contributed by atoms with Gasteiger partial charge in [-0.15, -0.1) is 0 Å². The summed E-state index contributed by atoms with van der Waals surface area (Å²) in [5.74, 6) is -0.243. The fourth-order valence-corrected chi connectivity index (χ4v) is 2.75. The van der Waals surface area contributed by atoms with Gasteiger partial charge in [-0.05, 0) is 66.8 Å². The molecule has 0 saturated heterocycles. The summed E-state index contributed by atoms with van der Waals surface area (Å²) in [7, 11) is 2.90. The Morgan fingerprint density at radius 1 is 0.727 bits per heavy atom. The Morgan fingerprint density at radius 3 is 1.55 bits per heavy atom. The number of hydrogen-bond donors (Lipinski definition) is 2. The van der Waals surface area contributed by atoms with Gasteiger partial charge in [-0.1, -0.05) is 12.1 Å². The molecular formula is C25H28O8. The number of methoxy groups -OCH3 is 2. The first-order chi connectivity index (χ1) is 15.9. The highest BCUT2D eigenvalue weighted by Gasteiger charge is 2.03. The van der Waals surface area contributed by atoms with Crippen molar-refractivity contribution in [3.8, 4) is 23.0 Å². The maximum absolute atomic E-state index is 11.8. The van der Waals surface area contributed by atoms with Gasteiger partial charge in [0.15, 0.2) is 23.0 Å². The highest BCUT2D eigenvalue weighted by Crippen LogP contribution is 2.27. The summed E-state index contributed by atoms with van der Waals surface area (Å²) in [6.45, 7) is 0.525. The van der Waals surface area contributed by atoms with Gasteiger partial charge >= 0.3 is 11.9 Å². The second kappa shape index (κ2) is 13.5. The van der Waals surface area contributed by atoms with E-state index < -0.39 is 11.9 Å². The molecule has 8 nitrogen and oxygen atoms in total. The van der Waals surface area contributed by atoms with Gasteiger partial charge in [0.1, 0.15) is 0 Å². The van der Waals surface area contributed by atoms with Crippen molar-refractivity contribution in [1.82, 2.24) is 0 Å². The monoisotopic (exact) mass is 456 g/mol. The number of esters is 2. The van der Waals surface area contributed by atoms with E-state index in [4.69, 9.17) is 18.9 Å². The molecule has 0 aliphatic rings. The lowest BCUT2D eigenvalue weighted by Crippen LogP contribution is -2.04. The number of hydrogen-bond acceptors (Lipinski definition) is 8. The highest BCUT2D eigenvalue weighted by atomic mass is 16.5. The number of carbonyl (C=O) groups excluding carboxylic acids is 2. The Labute approximate surface area is 192 Å². The van der Waals surface area contributed by atoms with Gasteiger partial charge in [-0.25, -0.2) is 9.59 Å². The van der Waals surface area contributed by atoms with Gasteiger partial charge in [-0.3, -0.25) is 0 Å². The SMILES string of the molecule is COc1cc(/C=C/C(=O)OCCCCCOC(=O)/C=C/c2ccc(O)c(OC)c2)ccc1O. The number of ether oxygens (including phenoxy) is 4. The van der Waals surface area contributed by atoms with Crippen LogP contribution in [0, 0.1) is 0 Å². The number of phenols is 2.